The molecular weight excluding hydrogens is 438 g/mol. The number of hydrogen-bond acceptors (Lipinski definition) is 1. The molecule has 0 bridgehead atoms. The van der Waals surface area contributed by atoms with Crippen LogP contribution >= 0.6 is 0 Å². The molecule has 1 nitrogen and oxygen atoms in total. The van der Waals surface area contributed by atoms with Crippen molar-refractivity contribution in [2.75, 3.05) is 7.11 Å². The summed E-state index contributed by atoms with van der Waals surface area (Å²) >= 11 is 0. The second-order valence-electron chi connectivity index (χ2n) is 10.4. The van der Waals surface area contributed by atoms with Crippen LogP contribution in [0.5, 0.6) is 5.75 Å². The van der Waals surface area contributed by atoms with Gasteiger partial charge in [-0.15, -0.1) is 0 Å². The van der Waals surface area contributed by atoms with Crippen LogP contribution in [0.25, 0.3) is 5.57 Å². The van der Waals surface area contributed by atoms with Crippen molar-refractivity contribution < 1.29 is 13.5 Å². The molecule has 0 saturated heterocycles. The summed E-state index contributed by atoms with van der Waals surface area (Å²) < 4.78 is 33.5. The summed E-state index contributed by atoms with van der Waals surface area (Å²) in [6.07, 6.45) is 19.6. The third kappa shape index (κ3) is 6.63. The Kier molecular flexibility index (Phi) is 9.18. The summed E-state index contributed by atoms with van der Waals surface area (Å²) in [5.74, 6) is 0.442. The van der Waals surface area contributed by atoms with Gasteiger partial charge in [-0.2, -0.15) is 4.39 Å². The van der Waals surface area contributed by atoms with Crippen molar-refractivity contribution in [1.29, 1.82) is 0 Å². The SMILES string of the molecule is CCCc1ccc(CCC=CC2CCC(C3CC=C(c4ccc(OC)c(F)c4F)CC3)CC2)cc1. The van der Waals surface area contributed by atoms with Gasteiger partial charge in [0.2, 0.25) is 5.82 Å². The first-order valence-corrected chi connectivity index (χ1v) is 13.5. The Labute approximate surface area is 210 Å². The fraction of sp³-hybridized carbons (Fsp3) is 0.500. The van der Waals surface area contributed by atoms with Crippen molar-refractivity contribution in [2.24, 2.45) is 17.8 Å². The van der Waals surface area contributed by atoms with Gasteiger partial charge in [-0.3, -0.25) is 0 Å². The Bertz CT molecular complexity index is 1010. The first-order chi connectivity index (χ1) is 17.1. The Morgan fingerprint density at radius 1 is 0.857 bits per heavy atom. The number of halogens is 2. The first-order valence-electron chi connectivity index (χ1n) is 13.5. The summed E-state index contributed by atoms with van der Waals surface area (Å²) in [6, 6.07) is 12.3. The number of methoxy groups -OCH3 is 1. The zero-order chi connectivity index (χ0) is 24.6. The van der Waals surface area contributed by atoms with Gasteiger partial charge in [0, 0.05) is 5.56 Å². The first kappa shape index (κ1) is 25.7. The Morgan fingerprint density at radius 3 is 2.20 bits per heavy atom. The normalized spacial score (nSPS) is 22.9. The molecule has 0 amide bonds. The Balaban J connectivity index is 1.21. The highest BCUT2D eigenvalue weighted by Crippen LogP contribution is 2.42. The van der Waals surface area contributed by atoms with E-state index in [2.05, 4.69) is 49.4 Å². The van der Waals surface area contributed by atoms with E-state index in [0.29, 0.717) is 17.4 Å². The molecule has 2 aliphatic carbocycles. The zero-order valence-corrected chi connectivity index (χ0v) is 21.4. The Hall–Kier alpha value is -2.42. The lowest BCUT2D eigenvalue weighted by molar-refractivity contribution is 0.212. The van der Waals surface area contributed by atoms with E-state index in [1.165, 1.54) is 62.8 Å². The van der Waals surface area contributed by atoms with Gasteiger partial charge in [-0.1, -0.05) is 55.8 Å². The van der Waals surface area contributed by atoms with Crippen molar-refractivity contribution in [2.45, 2.75) is 77.6 Å². The van der Waals surface area contributed by atoms with Gasteiger partial charge in [0.25, 0.3) is 0 Å². The predicted octanol–water partition coefficient (Wildman–Crippen LogP) is 9.10. The molecule has 0 aromatic heterocycles. The minimum atomic E-state index is -0.885. The van der Waals surface area contributed by atoms with Crippen LogP contribution in [0.1, 0.15) is 81.4 Å². The van der Waals surface area contributed by atoms with E-state index in [0.717, 1.165) is 43.6 Å². The largest absolute Gasteiger partial charge is 0.494 e. The zero-order valence-electron chi connectivity index (χ0n) is 21.4. The number of benzene rings is 2. The molecule has 0 N–H and O–H groups in total. The minimum Gasteiger partial charge on any atom is -0.494 e. The van der Waals surface area contributed by atoms with Gasteiger partial charge in [-0.05, 0) is 111 Å². The van der Waals surface area contributed by atoms with Gasteiger partial charge in [0.05, 0.1) is 7.11 Å². The summed E-state index contributed by atoms with van der Waals surface area (Å²) in [7, 11) is 1.36. The molecule has 0 spiro atoms. The van der Waals surface area contributed by atoms with Crippen molar-refractivity contribution in [3.8, 4) is 5.75 Å². The van der Waals surface area contributed by atoms with E-state index in [1.807, 2.05) is 0 Å². The molecule has 2 aromatic rings. The summed E-state index contributed by atoms with van der Waals surface area (Å²) in [6.45, 7) is 2.23. The van der Waals surface area contributed by atoms with Gasteiger partial charge in [0.15, 0.2) is 11.6 Å². The van der Waals surface area contributed by atoms with E-state index in [-0.39, 0.29) is 5.75 Å². The van der Waals surface area contributed by atoms with Gasteiger partial charge in [-0.25, -0.2) is 4.39 Å². The summed E-state index contributed by atoms with van der Waals surface area (Å²) in [5, 5.41) is 0. The average Bonchev–Trinajstić information content (AvgIpc) is 2.90. The highest BCUT2D eigenvalue weighted by molar-refractivity contribution is 5.67. The number of aryl methyl sites for hydroxylation is 2. The highest BCUT2D eigenvalue weighted by atomic mass is 19.2. The number of ether oxygens (including phenoxy) is 1. The maximum absolute atomic E-state index is 14.5. The fourth-order valence-corrected chi connectivity index (χ4v) is 5.97. The lowest BCUT2D eigenvalue weighted by Crippen LogP contribution is -2.22. The topological polar surface area (TPSA) is 9.23 Å². The van der Waals surface area contributed by atoms with Crippen LogP contribution in [0.4, 0.5) is 8.78 Å². The van der Waals surface area contributed by atoms with Crippen molar-refractivity contribution in [1.82, 2.24) is 0 Å². The minimum absolute atomic E-state index is 0.0348. The third-order valence-corrected chi connectivity index (χ3v) is 8.12. The van der Waals surface area contributed by atoms with E-state index in [4.69, 9.17) is 4.74 Å². The number of hydrogen-bond donors (Lipinski definition) is 0. The molecule has 0 radical (unpaired) electrons. The van der Waals surface area contributed by atoms with E-state index >= 15 is 0 Å². The third-order valence-electron chi connectivity index (χ3n) is 8.12. The molecule has 2 aliphatic rings. The molecule has 2 aromatic carbocycles. The van der Waals surface area contributed by atoms with Crippen molar-refractivity contribution in [3.05, 3.63) is 83.0 Å². The van der Waals surface area contributed by atoms with E-state index in [1.54, 1.807) is 6.07 Å². The average molecular weight is 479 g/mol. The standard InChI is InChI=1S/C32H40F2O/c1-3-6-23-9-11-24(12-10-23)7-4-5-8-25-13-15-26(16-14-25)27-17-19-28(20-18-27)29-21-22-30(35-2)32(34)31(29)33/h5,8-12,19,21-22,25-27H,3-4,6-7,13-18,20H2,1-2H3. The van der Waals surface area contributed by atoms with Crippen LogP contribution in [-0.4, -0.2) is 7.11 Å². The Morgan fingerprint density at radius 2 is 1.57 bits per heavy atom. The monoisotopic (exact) mass is 478 g/mol. The molecule has 3 heteroatoms. The molecule has 4 rings (SSSR count). The molecule has 188 valence electrons. The summed E-state index contributed by atoms with van der Waals surface area (Å²) in [4.78, 5) is 0. The van der Waals surface area contributed by atoms with Gasteiger partial charge < -0.3 is 4.74 Å². The van der Waals surface area contributed by atoms with Crippen molar-refractivity contribution >= 4 is 5.57 Å². The molecule has 0 aliphatic heterocycles. The molecular formula is C32H40F2O. The van der Waals surface area contributed by atoms with Crippen LogP contribution in [0.2, 0.25) is 0 Å². The predicted molar refractivity (Wildman–Crippen MR) is 142 cm³/mol. The molecule has 1 fully saturated rings. The fourth-order valence-electron chi connectivity index (χ4n) is 5.97. The molecule has 0 heterocycles. The van der Waals surface area contributed by atoms with E-state index in [9.17, 15) is 8.78 Å². The molecule has 35 heavy (non-hydrogen) atoms. The number of allylic oxidation sites excluding steroid dienone is 4. The van der Waals surface area contributed by atoms with Gasteiger partial charge in [0.1, 0.15) is 0 Å². The lowest BCUT2D eigenvalue weighted by atomic mass is 9.71. The molecule has 1 unspecified atom stereocenters. The molecule has 1 atom stereocenters. The van der Waals surface area contributed by atoms with Crippen LogP contribution in [0.3, 0.4) is 0 Å². The second kappa shape index (κ2) is 12.5. The lowest BCUT2D eigenvalue weighted by Gasteiger charge is -2.35. The van der Waals surface area contributed by atoms with Crippen LogP contribution in [0, 0.1) is 29.4 Å². The second-order valence-corrected chi connectivity index (χ2v) is 10.4. The quantitative estimate of drug-likeness (QED) is 0.327. The van der Waals surface area contributed by atoms with Crippen LogP contribution < -0.4 is 4.74 Å². The molecule has 1 saturated carbocycles. The van der Waals surface area contributed by atoms with Crippen molar-refractivity contribution in [3.63, 3.8) is 0 Å². The van der Waals surface area contributed by atoms with E-state index < -0.39 is 11.6 Å². The van der Waals surface area contributed by atoms with Gasteiger partial charge >= 0.3 is 0 Å². The maximum Gasteiger partial charge on any atom is 0.201 e. The van der Waals surface area contributed by atoms with Crippen LogP contribution in [0.15, 0.2) is 54.6 Å². The number of rotatable bonds is 9. The highest BCUT2D eigenvalue weighted by Gasteiger charge is 2.29. The van der Waals surface area contributed by atoms with Crippen LogP contribution in [-0.2, 0) is 12.8 Å². The maximum atomic E-state index is 14.5. The summed E-state index contributed by atoms with van der Waals surface area (Å²) in [5.41, 5.74) is 4.21. The smallest absolute Gasteiger partial charge is 0.201 e.